The van der Waals surface area contributed by atoms with Gasteiger partial charge in [0, 0.05) is 4.88 Å². The van der Waals surface area contributed by atoms with Crippen molar-refractivity contribution >= 4 is 28.2 Å². The third-order valence-electron chi connectivity index (χ3n) is 4.26. The maximum absolute atomic E-state index is 12.3. The van der Waals surface area contributed by atoms with E-state index in [4.69, 9.17) is 9.47 Å². The summed E-state index contributed by atoms with van der Waals surface area (Å²) < 4.78 is 10.6. The number of thiophene rings is 1. The molecule has 2 N–H and O–H groups in total. The molecule has 2 rings (SSSR count). The van der Waals surface area contributed by atoms with E-state index < -0.39 is 5.97 Å². The van der Waals surface area contributed by atoms with Crippen molar-refractivity contribution < 1.29 is 24.2 Å². The van der Waals surface area contributed by atoms with Crippen LogP contribution >= 0.6 is 11.3 Å². The molecule has 2 aromatic rings. The zero-order valence-electron chi connectivity index (χ0n) is 16.7. The smallest absolute Gasteiger partial charge is 0.341 e. The van der Waals surface area contributed by atoms with Crippen molar-refractivity contribution in [2.24, 2.45) is 0 Å². The summed E-state index contributed by atoms with van der Waals surface area (Å²) in [6.07, 6.45) is 1.15. The number of nitrogens with one attached hydrogen (secondary N) is 1. The topological polar surface area (TPSA) is 84.9 Å². The fraction of sp³-hybridized carbons (Fsp3) is 0.429. The van der Waals surface area contributed by atoms with Gasteiger partial charge < -0.3 is 19.9 Å². The molecule has 0 unspecified atom stereocenters. The fourth-order valence-electron chi connectivity index (χ4n) is 2.60. The van der Waals surface area contributed by atoms with Crippen LogP contribution in [0.25, 0.3) is 0 Å². The molecule has 0 saturated carbocycles. The Morgan fingerprint density at radius 3 is 2.50 bits per heavy atom. The average Bonchev–Trinajstić information content (AvgIpc) is 2.92. The second-order valence-corrected chi connectivity index (χ2v) is 7.80. The number of hydrogen-bond acceptors (Lipinski definition) is 6. The van der Waals surface area contributed by atoms with Crippen LogP contribution in [-0.2, 0) is 16.0 Å². The number of carbonyl (C=O) groups is 2. The van der Waals surface area contributed by atoms with Crippen LogP contribution in [0.2, 0.25) is 0 Å². The molecule has 1 aromatic carbocycles. The van der Waals surface area contributed by atoms with E-state index >= 15 is 0 Å². The summed E-state index contributed by atoms with van der Waals surface area (Å²) in [6, 6.07) is 7.43. The monoisotopic (exact) mass is 405 g/mol. The van der Waals surface area contributed by atoms with Gasteiger partial charge in [-0.3, -0.25) is 4.79 Å². The number of rotatable bonds is 9. The van der Waals surface area contributed by atoms with E-state index in [2.05, 4.69) is 5.32 Å². The standard InChI is InChI=1S/C21H27NO5S/c1-5-26-21(25)19-14(3)15(4)28-20(19)22-18(24)12-27-17-10-8-16(9-11-17)7-6-13(2)23/h8-11,13,23H,5-7,12H2,1-4H3,(H,22,24)/t13-/m1/s1. The Morgan fingerprint density at radius 1 is 1.21 bits per heavy atom. The minimum Gasteiger partial charge on any atom is -0.484 e. The first-order valence-electron chi connectivity index (χ1n) is 9.28. The summed E-state index contributed by atoms with van der Waals surface area (Å²) in [6.45, 7) is 7.35. The van der Waals surface area contributed by atoms with E-state index in [9.17, 15) is 14.7 Å². The fourth-order valence-corrected chi connectivity index (χ4v) is 3.67. The summed E-state index contributed by atoms with van der Waals surface area (Å²) in [7, 11) is 0. The Labute approximate surface area is 169 Å². The summed E-state index contributed by atoms with van der Waals surface area (Å²) >= 11 is 1.35. The van der Waals surface area contributed by atoms with Crippen molar-refractivity contribution in [1.82, 2.24) is 0 Å². The Bertz CT molecular complexity index is 811. The van der Waals surface area contributed by atoms with Gasteiger partial charge in [0.25, 0.3) is 5.91 Å². The molecular formula is C21H27NO5S. The minimum atomic E-state index is -0.437. The van der Waals surface area contributed by atoms with Crippen molar-refractivity contribution in [2.45, 2.75) is 46.6 Å². The number of benzene rings is 1. The van der Waals surface area contributed by atoms with Gasteiger partial charge in [-0.1, -0.05) is 12.1 Å². The summed E-state index contributed by atoms with van der Waals surface area (Å²) in [4.78, 5) is 25.4. The lowest BCUT2D eigenvalue weighted by molar-refractivity contribution is -0.118. The number of aryl methyl sites for hydroxylation is 2. The molecule has 1 heterocycles. The maximum Gasteiger partial charge on any atom is 0.341 e. The molecule has 1 aromatic heterocycles. The number of aliphatic hydroxyl groups excluding tert-OH is 1. The quantitative estimate of drug-likeness (QED) is 0.619. The van der Waals surface area contributed by atoms with Crippen LogP contribution < -0.4 is 10.1 Å². The van der Waals surface area contributed by atoms with Gasteiger partial charge in [0.05, 0.1) is 18.3 Å². The summed E-state index contributed by atoms with van der Waals surface area (Å²) in [5.41, 5.74) is 2.31. The molecule has 0 aliphatic rings. The SMILES string of the molecule is CCOC(=O)c1c(NC(=O)COc2ccc(CC[C@@H](C)O)cc2)sc(C)c1C. The Morgan fingerprint density at radius 2 is 1.89 bits per heavy atom. The van der Waals surface area contributed by atoms with Crippen LogP contribution in [0.5, 0.6) is 5.75 Å². The first-order chi connectivity index (χ1) is 13.3. The molecule has 0 aliphatic heterocycles. The van der Waals surface area contributed by atoms with Gasteiger partial charge >= 0.3 is 5.97 Å². The molecule has 0 bridgehead atoms. The van der Waals surface area contributed by atoms with E-state index in [1.165, 1.54) is 11.3 Å². The first-order valence-corrected chi connectivity index (χ1v) is 10.1. The predicted molar refractivity (Wildman–Crippen MR) is 110 cm³/mol. The number of aliphatic hydroxyl groups is 1. The van der Waals surface area contributed by atoms with Crippen LogP contribution in [0, 0.1) is 13.8 Å². The number of amides is 1. The number of hydrogen-bond donors (Lipinski definition) is 2. The summed E-state index contributed by atoms with van der Waals surface area (Å²) in [5, 5.41) is 12.6. The van der Waals surface area contributed by atoms with Crippen LogP contribution in [0.3, 0.4) is 0 Å². The predicted octanol–water partition coefficient (Wildman–Crippen LogP) is 3.87. The number of anilines is 1. The lowest BCUT2D eigenvalue weighted by Crippen LogP contribution is -2.21. The molecule has 0 radical (unpaired) electrons. The van der Waals surface area contributed by atoms with Crippen molar-refractivity contribution in [3.63, 3.8) is 0 Å². The van der Waals surface area contributed by atoms with Crippen LogP contribution in [0.1, 0.15) is 46.6 Å². The van der Waals surface area contributed by atoms with E-state index in [-0.39, 0.29) is 25.2 Å². The third-order valence-corrected chi connectivity index (χ3v) is 5.38. The second-order valence-electron chi connectivity index (χ2n) is 6.58. The van der Waals surface area contributed by atoms with Crippen molar-refractivity contribution in [1.29, 1.82) is 0 Å². The number of carbonyl (C=O) groups excluding carboxylic acids is 2. The molecule has 7 heteroatoms. The van der Waals surface area contributed by atoms with Crippen molar-refractivity contribution in [2.75, 3.05) is 18.5 Å². The Balaban J connectivity index is 1.94. The number of esters is 1. The highest BCUT2D eigenvalue weighted by Gasteiger charge is 2.22. The van der Waals surface area contributed by atoms with Gasteiger partial charge in [-0.2, -0.15) is 0 Å². The molecule has 0 fully saturated rings. The Kier molecular flexibility index (Phi) is 8.02. The molecule has 6 nitrogen and oxygen atoms in total. The Hall–Kier alpha value is -2.38. The van der Waals surface area contributed by atoms with Crippen LogP contribution in [0.15, 0.2) is 24.3 Å². The summed E-state index contributed by atoms with van der Waals surface area (Å²) in [5.74, 6) is -0.196. The zero-order valence-corrected chi connectivity index (χ0v) is 17.5. The van der Waals surface area contributed by atoms with Gasteiger partial charge in [-0.25, -0.2) is 4.79 Å². The van der Waals surface area contributed by atoms with E-state index in [0.717, 1.165) is 22.4 Å². The van der Waals surface area contributed by atoms with Crippen LogP contribution in [-0.4, -0.2) is 36.3 Å². The molecule has 1 amide bonds. The lowest BCUT2D eigenvalue weighted by Gasteiger charge is -2.09. The molecule has 0 spiro atoms. The molecule has 28 heavy (non-hydrogen) atoms. The van der Waals surface area contributed by atoms with E-state index in [1.807, 2.05) is 26.0 Å². The second kappa shape index (κ2) is 10.2. The third kappa shape index (κ3) is 6.07. The zero-order chi connectivity index (χ0) is 20.7. The van der Waals surface area contributed by atoms with Crippen LogP contribution in [0.4, 0.5) is 5.00 Å². The maximum atomic E-state index is 12.3. The van der Waals surface area contributed by atoms with Crippen molar-refractivity contribution in [3.05, 3.63) is 45.8 Å². The highest BCUT2D eigenvalue weighted by atomic mass is 32.1. The highest BCUT2D eigenvalue weighted by molar-refractivity contribution is 7.16. The van der Waals surface area contributed by atoms with Gasteiger partial charge in [0.15, 0.2) is 6.61 Å². The first kappa shape index (κ1) is 21.9. The van der Waals surface area contributed by atoms with Gasteiger partial charge in [0.2, 0.25) is 0 Å². The minimum absolute atomic E-state index is 0.161. The lowest BCUT2D eigenvalue weighted by atomic mass is 10.1. The van der Waals surface area contributed by atoms with Crippen molar-refractivity contribution in [3.8, 4) is 5.75 Å². The molecule has 152 valence electrons. The van der Waals surface area contributed by atoms with E-state index in [1.54, 1.807) is 26.0 Å². The number of ether oxygens (including phenoxy) is 2. The molecule has 0 aliphatic carbocycles. The van der Waals surface area contributed by atoms with E-state index in [0.29, 0.717) is 22.7 Å². The highest BCUT2D eigenvalue weighted by Crippen LogP contribution is 2.33. The molecule has 0 saturated heterocycles. The normalized spacial score (nSPS) is 11.8. The van der Waals surface area contributed by atoms with Gasteiger partial charge in [-0.15, -0.1) is 11.3 Å². The van der Waals surface area contributed by atoms with Gasteiger partial charge in [0.1, 0.15) is 10.8 Å². The molecule has 1 atom stereocenters. The van der Waals surface area contributed by atoms with Gasteiger partial charge in [-0.05, 0) is 63.8 Å². The average molecular weight is 406 g/mol. The largest absolute Gasteiger partial charge is 0.484 e. The molecular weight excluding hydrogens is 378 g/mol.